The molecule has 5 nitrogen and oxygen atoms in total. The van der Waals surface area contributed by atoms with Crippen molar-refractivity contribution in [3.05, 3.63) is 63.4 Å². The summed E-state index contributed by atoms with van der Waals surface area (Å²) in [5.41, 5.74) is 1.64. The third kappa shape index (κ3) is 4.60. The lowest BCUT2D eigenvalue weighted by Crippen LogP contribution is -2.28. The Bertz CT molecular complexity index is 1060. The van der Waals surface area contributed by atoms with Crippen LogP contribution in [0.1, 0.15) is 25.3 Å². The first-order valence-electron chi connectivity index (χ1n) is 9.81. The number of halogens is 1. The first kappa shape index (κ1) is 20.3. The van der Waals surface area contributed by atoms with Crippen LogP contribution in [0, 0.1) is 0 Å². The molecule has 1 aromatic heterocycles. The number of fused-ring (bicyclic) bond motifs is 1. The van der Waals surface area contributed by atoms with E-state index in [0.29, 0.717) is 40.0 Å². The van der Waals surface area contributed by atoms with Gasteiger partial charge >= 0.3 is 0 Å². The standard InChI is InChI=1S/C22H23ClN2O3S/c1-2-27-20-8-4-3-6-15(20)14-29-22-24-19-12-16(23)9-10-18(19)21(26)25(22)13-17-7-5-11-28-17/h3-4,6,8-10,12,17H,2,5,7,11,13-14H2,1H3. The molecule has 0 radical (unpaired) electrons. The number of benzene rings is 2. The van der Waals surface area contributed by atoms with Crippen molar-refractivity contribution in [2.75, 3.05) is 13.2 Å². The number of aromatic nitrogens is 2. The summed E-state index contributed by atoms with van der Waals surface area (Å²) >= 11 is 7.67. The molecule has 1 fully saturated rings. The first-order chi connectivity index (χ1) is 14.2. The van der Waals surface area contributed by atoms with E-state index in [4.69, 9.17) is 26.1 Å². The quantitative estimate of drug-likeness (QED) is 0.393. The Labute approximate surface area is 179 Å². The van der Waals surface area contributed by atoms with E-state index in [1.54, 1.807) is 22.8 Å². The average Bonchev–Trinajstić information content (AvgIpc) is 3.23. The number of para-hydroxylation sites is 1. The van der Waals surface area contributed by atoms with Crippen LogP contribution in [0.4, 0.5) is 0 Å². The molecule has 29 heavy (non-hydrogen) atoms. The topological polar surface area (TPSA) is 53.3 Å². The van der Waals surface area contributed by atoms with Gasteiger partial charge in [-0.1, -0.05) is 41.6 Å². The summed E-state index contributed by atoms with van der Waals surface area (Å²) in [6.07, 6.45) is 2.04. The Balaban J connectivity index is 1.70. The van der Waals surface area contributed by atoms with E-state index >= 15 is 0 Å². The lowest BCUT2D eigenvalue weighted by atomic mass is 10.2. The van der Waals surface area contributed by atoms with E-state index in [1.165, 1.54) is 11.8 Å². The normalized spacial score (nSPS) is 16.4. The van der Waals surface area contributed by atoms with E-state index in [1.807, 2.05) is 31.2 Å². The van der Waals surface area contributed by atoms with Crippen LogP contribution in [0.25, 0.3) is 10.9 Å². The molecule has 2 heterocycles. The predicted molar refractivity (Wildman–Crippen MR) is 117 cm³/mol. The second kappa shape index (κ2) is 9.20. The molecule has 0 aliphatic carbocycles. The summed E-state index contributed by atoms with van der Waals surface area (Å²) in [4.78, 5) is 18.0. The zero-order valence-corrected chi connectivity index (χ0v) is 17.8. The largest absolute Gasteiger partial charge is 0.494 e. The van der Waals surface area contributed by atoms with Gasteiger partial charge in [0.25, 0.3) is 5.56 Å². The second-order valence-corrected chi connectivity index (χ2v) is 8.31. The van der Waals surface area contributed by atoms with Crippen molar-refractivity contribution >= 4 is 34.3 Å². The van der Waals surface area contributed by atoms with Crippen molar-refractivity contribution in [1.29, 1.82) is 0 Å². The van der Waals surface area contributed by atoms with Crippen molar-refractivity contribution in [2.24, 2.45) is 0 Å². The van der Waals surface area contributed by atoms with Gasteiger partial charge in [0.05, 0.1) is 30.2 Å². The van der Waals surface area contributed by atoms with Crippen LogP contribution in [0.2, 0.25) is 5.02 Å². The van der Waals surface area contributed by atoms with Crippen molar-refractivity contribution in [1.82, 2.24) is 9.55 Å². The third-order valence-corrected chi connectivity index (χ3v) is 6.18. The number of thioether (sulfide) groups is 1. The smallest absolute Gasteiger partial charge is 0.262 e. The fraction of sp³-hybridized carbons (Fsp3) is 0.364. The van der Waals surface area contributed by atoms with Gasteiger partial charge in [-0.05, 0) is 44.0 Å². The van der Waals surface area contributed by atoms with Gasteiger partial charge in [-0.15, -0.1) is 0 Å². The summed E-state index contributed by atoms with van der Waals surface area (Å²) in [6.45, 7) is 3.84. The van der Waals surface area contributed by atoms with Gasteiger partial charge in [-0.2, -0.15) is 0 Å². The Kier molecular flexibility index (Phi) is 6.43. The molecule has 1 saturated heterocycles. The fourth-order valence-corrected chi connectivity index (χ4v) is 4.66. The summed E-state index contributed by atoms with van der Waals surface area (Å²) in [5.74, 6) is 1.51. The minimum atomic E-state index is -0.0530. The highest BCUT2D eigenvalue weighted by Gasteiger charge is 2.20. The Hall–Kier alpha value is -2.02. The Morgan fingerprint density at radius 1 is 1.31 bits per heavy atom. The van der Waals surface area contributed by atoms with Crippen LogP contribution in [0.15, 0.2) is 52.4 Å². The van der Waals surface area contributed by atoms with Gasteiger partial charge in [0.2, 0.25) is 0 Å². The monoisotopic (exact) mass is 430 g/mol. The number of nitrogens with zero attached hydrogens (tertiary/aromatic N) is 2. The molecule has 4 rings (SSSR count). The summed E-state index contributed by atoms with van der Waals surface area (Å²) in [6, 6.07) is 13.2. The second-order valence-electron chi connectivity index (χ2n) is 6.94. The minimum Gasteiger partial charge on any atom is -0.494 e. The number of rotatable bonds is 7. The van der Waals surface area contributed by atoms with Crippen LogP contribution in [-0.4, -0.2) is 28.9 Å². The van der Waals surface area contributed by atoms with Crippen LogP contribution < -0.4 is 10.3 Å². The zero-order chi connectivity index (χ0) is 20.2. The molecule has 3 aromatic rings. The molecular weight excluding hydrogens is 408 g/mol. The molecule has 0 saturated carbocycles. The highest BCUT2D eigenvalue weighted by Crippen LogP contribution is 2.28. The molecular formula is C22H23ClN2O3S. The molecule has 152 valence electrons. The van der Waals surface area contributed by atoms with Gasteiger partial charge in [0.15, 0.2) is 5.16 Å². The fourth-order valence-electron chi connectivity index (χ4n) is 3.50. The van der Waals surface area contributed by atoms with Gasteiger partial charge < -0.3 is 9.47 Å². The van der Waals surface area contributed by atoms with Crippen molar-refractivity contribution in [2.45, 2.75) is 43.3 Å². The molecule has 1 atom stereocenters. The molecule has 7 heteroatoms. The molecule has 0 amide bonds. The number of ether oxygens (including phenoxy) is 2. The first-order valence-corrected chi connectivity index (χ1v) is 11.2. The van der Waals surface area contributed by atoms with Crippen LogP contribution in [0.3, 0.4) is 0 Å². The van der Waals surface area contributed by atoms with Gasteiger partial charge in [-0.3, -0.25) is 9.36 Å². The highest BCUT2D eigenvalue weighted by molar-refractivity contribution is 7.98. The van der Waals surface area contributed by atoms with Gasteiger partial charge in [0.1, 0.15) is 5.75 Å². The highest BCUT2D eigenvalue weighted by atomic mass is 35.5. The van der Waals surface area contributed by atoms with Gasteiger partial charge in [-0.25, -0.2) is 4.98 Å². The molecule has 1 aliphatic rings. The van der Waals surface area contributed by atoms with E-state index in [9.17, 15) is 4.79 Å². The minimum absolute atomic E-state index is 0.0503. The number of hydrogen-bond donors (Lipinski definition) is 0. The van der Waals surface area contributed by atoms with E-state index in [-0.39, 0.29) is 11.7 Å². The average molecular weight is 431 g/mol. The molecule has 0 spiro atoms. The maximum atomic E-state index is 13.2. The number of hydrogen-bond acceptors (Lipinski definition) is 5. The molecule has 1 aliphatic heterocycles. The summed E-state index contributed by atoms with van der Waals surface area (Å²) in [5, 5.41) is 1.82. The lowest BCUT2D eigenvalue weighted by Gasteiger charge is -2.17. The Morgan fingerprint density at radius 2 is 2.17 bits per heavy atom. The van der Waals surface area contributed by atoms with Crippen LogP contribution >= 0.6 is 23.4 Å². The lowest BCUT2D eigenvalue weighted by molar-refractivity contribution is 0.0937. The van der Waals surface area contributed by atoms with Crippen molar-refractivity contribution in [3.63, 3.8) is 0 Å². The van der Waals surface area contributed by atoms with Crippen LogP contribution in [0.5, 0.6) is 5.75 Å². The SMILES string of the molecule is CCOc1ccccc1CSc1nc2cc(Cl)ccc2c(=O)n1CC1CCCO1. The predicted octanol–water partition coefficient (Wildman–Crippen LogP) is 4.92. The van der Waals surface area contributed by atoms with Crippen molar-refractivity contribution in [3.8, 4) is 5.75 Å². The molecule has 1 unspecified atom stereocenters. The molecule has 0 N–H and O–H groups in total. The zero-order valence-electron chi connectivity index (χ0n) is 16.3. The summed E-state index contributed by atoms with van der Waals surface area (Å²) < 4.78 is 13.3. The van der Waals surface area contributed by atoms with Gasteiger partial charge in [0, 0.05) is 22.9 Å². The van der Waals surface area contributed by atoms with Crippen molar-refractivity contribution < 1.29 is 9.47 Å². The molecule has 2 aromatic carbocycles. The maximum Gasteiger partial charge on any atom is 0.262 e. The van der Waals surface area contributed by atoms with Crippen LogP contribution in [-0.2, 0) is 17.0 Å². The Morgan fingerprint density at radius 3 is 2.97 bits per heavy atom. The third-order valence-electron chi connectivity index (χ3n) is 4.92. The molecule has 0 bridgehead atoms. The van der Waals surface area contributed by atoms with E-state index < -0.39 is 0 Å². The summed E-state index contributed by atoms with van der Waals surface area (Å²) in [7, 11) is 0. The van der Waals surface area contributed by atoms with E-state index in [0.717, 1.165) is 30.8 Å². The maximum absolute atomic E-state index is 13.2. The van der Waals surface area contributed by atoms with E-state index in [2.05, 4.69) is 0 Å².